The fraction of sp³-hybridized carbons (Fsp3) is 0.400. The number of aryl methyl sites for hydroxylation is 1. The van der Waals surface area contributed by atoms with E-state index in [1.54, 1.807) is 12.3 Å². The van der Waals surface area contributed by atoms with Crippen LogP contribution in [0.2, 0.25) is 0 Å². The molecule has 3 rings (SSSR count). The number of benzene rings is 1. The molecule has 20 heavy (non-hydrogen) atoms. The predicted octanol–water partition coefficient (Wildman–Crippen LogP) is 4.15. The number of rotatable bonds is 1. The molecule has 0 amide bonds. The Labute approximate surface area is 115 Å². The Hall–Kier alpha value is -1.78. The lowest BCUT2D eigenvalue weighted by molar-refractivity contribution is -0.137. The topological polar surface area (TPSA) is 17.8 Å². The van der Waals surface area contributed by atoms with Crippen LogP contribution in [0.1, 0.15) is 24.6 Å². The van der Waals surface area contributed by atoms with Crippen molar-refractivity contribution in [2.45, 2.75) is 32.5 Å². The van der Waals surface area contributed by atoms with Crippen LogP contribution >= 0.6 is 0 Å². The first-order chi connectivity index (χ1) is 9.45. The van der Waals surface area contributed by atoms with Gasteiger partial charge in [0.2, 0.25) is 0 Å². The SMILES string of the molecule is CC1CCc2cnc(-c3cccc(C(F)(F)F)c3)n2C1. The minimum atomic E-state index is -4.32. The minimum absolute atomic E-state index is 0.528. The summed E-state index contributed by atoms with van der Waals surface area (Å²) in [7, 11) is 0. The summed E-state index contributed by atoms with van der Waals surface area (Å²) in [5.74, 6) is 1.17. The molecular weight excluding hydrogens is 265 g/mol. The Morgan fingerprint density at radius 1 is 1.30 bits per heavy atom. The van der Waals surface area contributed by atoms with Gasteiger partial charge in [-0.05, 0) is 30.9 Å². The van der Waals surface area contributed by atoms with Gasteiger partial charge in [0.15, 0.2) is 0 Å². The average molecular weight is 280 g/mol. The maximum atomic E-state index is 12.8. The highest BCUT2D eigenvalue weighted by atomic mass is 19.4. The quantitative estimate of drug-likeness (QED) is 0.767. The minimum Gasteiger partial charge on any atom is -0.328 e. The zero-order valence-corrected chi connectivity index (χ0v) is 11.1. The molecule has 2 nitrogen and oxygen atoms in total. The van der Waals surface area contributed by atoms with Crippen LogP contribution in [0.5, 0.6) is 0 Å². The average Bonchev–Trinajstić information content (AvgIpc) is 2.81. The second-order valence-electron chi connectivity index (χ2n) is 5.41. The van der Waals surface area contributed by atoms with Gasteiger partial charge in [-0.2, -0.15) is 13.2 Å². The summed E-state index contributed by atoms with van der Waals surface area (Å²) in [5, 5.41) is 0. The van der Waals surface area contributed by atoms with Crippen molar-refractivity contribution < 1.29 is 13.2 Å². The molecule has 1 aromatic heterocycles. The van der Waals surface area contributed by atoms with Gasteiger partial charge in [-0.1, -0.05) is 19.1 Å². The fourth-order valence-electron chi connectivity index (χ4n) is 2.68. The second kappa shape index (κ2) is 4.65. The number of hydrogen-bond acceptors (Lipinski definition) is 1. The van der Waals surface area contributed by atoms with Crippen molar-refractivity contribution in [3.8, 4) is 11.4 Å². The molecule has 0 spiro atoms. The fourth-order valence-corrected chi connectivity index (χ4v) is 2.68. The first kappa shape index (κ1) is 13.2. The van der Waals surface area contributed by atoms with E-state index in [0.717, 1.165) is 31.1 Å². The third kappa shape index (κ3) is 2.32. The van der Waals surface area contributed by atoms with Gasteiger partial charge in [0.1, 0.15) is 5.82 Å². The third-order valence-corrected chi connectivity index (χ3v) is 3.77. The smallest absolute Gasteiger partial charge is 0.328 e. The molecule has 1 unspecified atom stereocenters. The summed E-state index contributed by atoms with van der Waals surface area (Å²) in [6, 6.07) is 5.39. The van der Waals surface area contributed by atoms with Crippen molar-refractivity contribution in [2.75, 3.05) is 0 Å². The van der Waals surface area contributed by atoms with Crippen molar-refractivity contribution in [3.05, 3.63) is 41.7 Å². The van der Waals surface area contributed by atoms with Crippen molar-refractivity contribution >= 4 is 0 Å². The molecule has 1 aliphatic heterocycles. The highest BCUT2D eigenvalue weighted by Gasteiger charge is 2.31. The molecule has 0 aliphatic carbocycles. The summed E-state index contributed by atoms with van der Waals surface area (Å²) in [6.45, 7) is 2.97. The lowest BCUT2D eigenvalue weighted by Crippen LogP contribution is -2.18. The van der Waals surface area contributed by atoms with E-state index in [0.29, 0.717) is 17.3 Å². The summed E-state index contributed by atoms with van der Waals surface area (Å²) < 4.78 is 40.4. The van der Waals surface area contributed by atoms with Crippen LogP contribution in [-0.2, 0) is 19.1 Å². The van der Waals surface area contributed by atoms with Crippen molar-refractivity contribution in [1.29, 1.82) is 0 Å². The normalized spacial score (nSPS) is 18.9. The van der Waals surface area contributed by atoms with Gasteiger partial charge in [-0.3, -0.25) is 0 Å². The molecule has 2 aromatic rings. The Balaban J connectivity index is 2.04. The van der Waals surface area contributed by atoms with E-state index in [4.69, 9.17) is 0 Å². The van der Waals surface area contributed by atoms with Crippen LogP contribution < -0.4 is 0 Å². The van der Waals surface area contributed by atoms with E-state index < -0.39 is 11.7 Å². The summed E-state index contributed by atoms with van der Waals surface area (Å²) in [4.78, 5) is 4.32. The molecule has 5 heteroatoms. The lowest BCUT2D eigenvalue weighted by atomic mass is 10.00. The Kier molecular flexibility index (Phi) is 3.07. The standard InChI is InChI=1S/C15H15F3N2/c1-10-5-6-13-8-19-14(20(13)9-10)11-3-2-4-12(7-11)15(16,17)18/h2-4,7-8,10H,5-6,9H2,1H3. The maximum Gasteiger partial charge on any atom is 0.416 e. The zero-order chi connectivity index (χ0) is 14.3. The number of hydrogen-bond donors (Lipinski definition) is 0. The Morgan fingerprint density at radius 3 is 2.85 bits per heavy atom. The molecule has 1 atom stereocenters. The van der Waals surface area contributed by atoms with Gasteiger partial charge in [-0.15, -0.1) is 0 Å². The highest BCUT2D eigenvalue weighted by molar-refractivity contribution is 5.58. The molecule has 0 saturated carbocycles. The van der Waals surface area contributed by atoms with Crippen LogP contribution in [0.15, 0.2) is 30.5 Å². The first-order valence-electron chi connectivity index (χ1n) is 6.67. The Morgan fingerprint density at radius 2 is 2.10 bits per heavy atom. The molecule has 1 aliphatic rings. The van der Waals surface area contributed by atoms with E-state index >= 15 is 0 Å². The summed E-state index contributed by atoms with van der Waals surface area (Å²) >= 11 is 0. The number of aromatic nitrogens is 2. The van der Waals surface area contributed by atoms with Gasteiger partial charge in [0, 0.05) is 24.0 Å². The van der Waals surface area contributed by atoms with Crippen LogP contribution in [0.25, 0.3) is 11.4 Å². The molecule has 1 aromatic carbocycles. The third-order valence-electron chi connectivity index (χ3n) is 3.77. The number of fused-ring (bicyclic) bond motifs is 1. The number of alkyl halides is 3. The number of imidazole rings is 1. The van der Waals surface area contributed by atoms with Gasteiger partial charge in [0.05, 0.1) is 5.56 Å². The van der Waals surface area contributed by atoms with Gasteiger partial charge in [0.25, 0.3) is 0 Å². The van der Waals surface area contributed by atoms with E-state index in [2.05, 4.69) is 11.9 Å². The van der Waals surface area contributed by atoms with Crippen molar-refractivity contribution in [3.63, 3.8) is 0 Å². The van der Waals surface area contributed by atoms with E-state index in [1.807, 2.05) is 4.57 Å². The monoisotopic (exact) mass is 280 g/mol. The van der Waals surface area contributed by atoms with Crippen molar-refractivity contribution in [2.24, 2.45) is 5.92 Å². The van der Waals surface area contributed by atoms with E-state index in [-0.39, 0.29) is 0 Å². The van der Waals surface area contributed by atoms with Crippen LogP contribution in [-0.4, -0.2) is 9.55 Å². The zero-order valence-electron chi connectivity index (χ0n) is 11.1. The Bertz CT molecular complexity index is 628. The van der Waals surface area contributed by atoms with Crippen LogP contribution in [0, 0.1) is 5.92 Å². The summed E-state index contributed by atoms with van der Waals surface area (Å²) in [6.07, 6.45) is -0.497. The molecule has 0 saturated heterocycles. The first-order valence-corrected chi connectivity index (χ1v) is 6.67. The molecule has 0 fully saturated rings. The maximum absolute atomic E-state index is 12.8. The molecule has 106 valence electrons. The van der Waals surface area contributed by atoms with Crippen LogP contribution in [0.4, 0.5) is 13.2 Å². The number of halogens is 3. The number of nitrogens with zero attached hydrogens (tertiary/aromatic N) is 2. The van der Waals surface area contributed by atoms with Gasteiger partial charge in [-0.25, -0.2) is 4.98 Å². The summed E-state index contributed by atoms with van der Waals surface area (Å²) in [5.41, 5.74) is 1.01. The molecular formula is C15H15F3N2. The molecule has 0 radical (unpaired) electrons. The largest absolute Gasteiger partial charge is 0.416 e. The molecule has 2 heterocycles. The van der Waals surface area contributed by atoms with Crippen molar-refractivity contribution in [1.82, 2.24) is 9.55 Å². The van der Waals surface area contributed by atoms with E-state index in [1.165, 1.54) is 12.1 Å². The predicted molar refractivity (Wildman–Crippen MR) is 70.2 cm³/mol. The van der Waals surface area contributed by atoms with Gasteiger partial charge < -0.3 is 4.57 Å². The van der Waals surface area contributed by atoms with Gasteiger partial charge >= 0.3 is 6.18 Å². The van der Waals surface area contributed by atoms with Crippen LogP contribution in [0.3, 0.4) is 0 Å². The van der Waals surface area contributed by atoms with E-state index in [9.17, 15) is 13.2 Å². The second-order valence-corrected chi connectivity index (χ2v) is 5.41. The highest BCUT2D eigenvalue weighted by Crippen LogP contribution is 2.33. The molecule has 0 bridgehead atoms. The molecule has 0 N–H and O–H groups in total. The lowest BCUT2D eigenvalue weighted by Gasteiger charge is -2.22.